The van der Waals surface area contributed by atoms with E-state index in [9.17, 15) is 0 Å². The molecule has 0 amide bonds. The van der Waals surface area contributed by atoms with E-state index in [0.29, 0.717) is 0 Å². The molecule has 1 aliphatic rings. The minimum Gasteiger partial charge on any atom is -0.310 e. The second-order valence-electron chi connectivity index (χ2n) is 22.4. The van der Waals surface area contributed by atoms with Crippen molar-refractivity contribution < 1.29 is 0 Å². The molecule has 0 saturated heterocycles. The average Bonchev–Trinajstić information content (AvgIpc) is 3.64. The van der Waals surface area contributed by atoms with E-state index in [1.54, 1.807) is 0 Å². The van der Waals surface area contributed by atoms with E-state index in [4.69, 9.17) is 0 Å². The van der Waals surface area contributed by atoms with Gasteiger partial charge in [-0.25, -0.2) is 0 Å². The predicted molar refractivity (Wildman–Crippen MR) is 319 cm³/mol. The van der Waals surface area contributed by atoms with Crippen LogP contribution >= 0.6 is 0 Å². The molecule has 0 fully saturated rings. The van der Waals surface area contributed by atoms with Crippen LogP contribution in [0.4, 0.5) is 34.1 Å². The Morgan fingerprint density at radius 1 is 0.329 bits per heavy atom. The van der Waals surface area contributed by atoms with Gasteiger partial charge in [0.05, 0.1) is 11.4 Å². The Morgan fingerprint density at radius 2 is 0.685 bits per heavy atom. The lowest BCUT2D eigenvalue weighted by atomic mass is 9.68. The van der Waals surface area contributed by atoms with Crippen LogP contribution in [0.3, 0.4) is 0 Å². The maximum absolute atomic E-state index is 2.69. The van der Waals surface area contributed by atoms with Crippen LogP contribution in [0.2, 0.25) is 0 Å². The van der Waals surface area contributed by atoms with Gasteiger partial charge in [-0.2, -0.15) is 0 Å². The summed E-state index contributed by atoms with van der Waals surface area (Å²) in [7, 11) is 0. The first-order chi connectivity index (χ1) is 35.4. The molecule has 0 N–H and O–H groups in total. The van der Waals surface area contributed by atoms with E-state index in [2.05, 4.69) is 213 Å². The monoisotopic (exact) mass is 969 g/mol. The minimum absolute atomic E-state index is 0.383. The van der Waals surface area contributed by atoms with Gasteiger partial charge in [0.25, 0.3) is 0 Å². The number of unbranched alkanes of at least 4 members (excludes halogenated alkanes) is 11. The second kappa shape index (κ2) is 24.4. The lowest BCUT2D eigenvalue weighted by Gasteiger charge is -2.36. The molecule has 1 aliphatic carbocycles. The van der Waals surface area contributed by atoms with Gasteiger partial charge in [-0.3, -0.25) is 0 Å². The summed E-state index contributed by atoms with van der Waals surface area (Å²) in [6.07, 6.45) is 21.0. The van der Waals surface area contributed by atoms with Gasteiger partial charge >= 0.3 is 0 Å². The van der Waals surface area contributed by atoms with Crippen LogP contribution in [-0.2, 0) is 18.3 Å². The highest BCUT2D eigenvalue weighted by Gasteiger charge is 2.45. The van der Waals surface area contributed by atoms with Crippen LogP contribution in [0.15, 0.2) is 127 Å². The van der Waals surface area contributed by atoms with E-state index < -0.39 is 0 Å². The van der Waals surface area contributed by atoms with E-state index in [1.807, 2.05) is 0 Å². The Labute approximate surface area is 443 Å². The highest BCUT2D eigenvalue weighted by atomic mass is 15.2. The number of benzene rings is 7. The predicted octanol–water partition coefficient (Wildman–Crippen LogP) is 21.4. The molecule has 73 heavy (non-hydrogen) atoms. The molecule has 0 aromatic heterocycles. The smallest absolute Gasteiger partial charge is 0.0520 e. The van der Waals surface area contributed by atoms with Gasteiger partial charge in [0, 0.05) is 28.2 Å². The van der Waals surface area contributed by atoms with Crippen LogP contribution in [0.25, 0.3) is 11.1 Å². The molecule has 0 unspecified atom stereocenters. The Kier molecular flexibility index (Phi) is 17.9. The van der Waals surface area contributed by atoms with Crippen molar-refractivity contribution in [2.45, 2.75) is 191 Å². The maximum Gasteiger partial charge on any atom is 0.0520 e. The molecule has 382 valence electrons. The Morgan fingerprint density at radius 3 is 1.08 bits per heavy atom. The van der Waals surface area contributed by atoms with Gasteiger partial charge in [0.1, 0.15) is 0 Å². The fourth-order valence-corrected chi connectivity index (χ4v) is 12.6. The third kappa shape index (κ3) is 11.9. The van der Waals surface area contributed by atoms with Gasteiger partial charge in [-0.05, 0) is 197 Å². The first-order valence-electron chi connectivity index (χ1n) is 28.7. The highest BCUT2D eigenvalue weighted by molar-refractivity contribution is 5.91. The summed E-state index contributed by atoms with van der Waals surface area (Å²) in [5, 5.41) is 0. The van der Waals surface area contributed by atoms with Crippen LogP contribution in [0.5, 0.6) is 0 Å². The fourth-order valence-electron chi connectivity index (χ4n) is 12.6. The average molecular weight is 969 g/mol. The summed E-state index contributed by atoms with van der Waals surface area (Å²) in [6.45, 7) is 25.1. The van der Waals surface area contributed by atoms with Crippen molar-refractivity contribution in [1.82, 2.24) is 0 Å². The van der Waals surface area contributed by atoms with Crippen LogP contribution in [0, 0.1) is 55.4 Å². The van der Waals surface area contributed by atoms with Crippen LogP contribution < -0.4 is 9.80 Å². The lowest BCUT2D eigenvalue weighted by molar-refractivity contribution is 0.505. The largest absolute Gasteiger partial charge is 0.310 e. The molecule has 0 heterocycles. The van der Waals surface area contributed by atoms with E-state index in [0.717, 1.165) is 19.3 Å². The fraction of sp³-hybridized carbons (Fsp3) is 0.408. The van der Waals surface area contributed by atoms with E-state index in [1.165, 1.54) is 207 Å². The molecule has 2 heteroatoms. The molecule has 0 atom stereocenters. The molecule has 8 rings (SSSR count). The second-order valence-corrected chi connectivity index (χ2v) is 22.4. The highest BCUT2D eigenvalue weighted by Crippen LogP contribution is 2.58. The number of hydrogen-bond acceptors (Lipinski definition) is 2. The quantitative estimate of drug-likeness (QED) is 0.0557. The van der Waals surface area contributed by atoms with Gasteiger partial charge < -0.3 is 9.80 Å². The molecular formula is C71H88N2. The number of nitrogens with zero attached hydrogens (tertiary/aromatic N) is 2. The third-order valence-electron chi connectivity index (χ3n) is 16.1. The van der Waals surface area contributed by atoms with Crippen LogP contribution in [-0.4, -0.2) is 0 Å². The Hall–Kier alpha value is -5.86. The Balaban J connectivity index is 1.44. The van der Waals surface area contributed by atoms with Gasteiger partial charge in [-0.1, -0.05) is 199 Å². The number of fused-ring (bicyclic) bond motifs is 3. The molecular weight excluding hydrogens is 881 g/mol. The molecule has 0 radical (unpaired) electrons. The minimum atomic E-state index is -0.383. The van der Waals surface area contributed by atoms with Gasteiger partial charge in [0.15, 0.2) is 0 Å². The maximum atomic E-state index is 2.69. The van der Waals surface area contributed by atoms with E-state index in [-0.39, 0.29) is 5.41 Å². The number of hydrogen-bond donors (Lipinski definition) is 0. The summed E-state index contributed by atoms with van der Waals surface area (Å²) in [4.78, 5) is 5.14. The van der Waals surface area contributed by atoms with Gasteiger partial charge in [0.2, 0.25) is 0 Å². The van der Waals surface area contributed by atoms with Crippen molar-refractivity contribution in [3.8, 4) is 11.1 Å². The molecule has 0 bridgehead atoms. The van der Waals surface area contributed by atoms with Crippen molar-refractivity contribution in [3.63, 3.8) is 0 Å². The topological polar surface area (TPSA) is 6.48 Å². The van der Waals surface area contributed by atoms with Crippen molar-refractivity contribution in [3.05, 3.63) is 200 Å². The SMILES string of the molecule is CCCCCCCCC1(c2cc(CCCCCC)cc(CCCCCC)c2)c2cc(N(c3ccc(C)cc3)c3c(C)cc(C)cc3C)ccc2-c2ccc(N(c3ccc(C)cc3)c3c(C)cc(C)cc3C)cc21. The van der Waals surface area contributed by atoms with Crippen molar-refractivity contribution >= 4 is 34.1 Å². The van der Waals surface area contributed by atoms with Crippen LogP contribution in [0.1, 0.15) is 189 Å². The molecule has 0 spiro atoms. The summed E-state index contributed by atoms with van der Waals surface area (Å²) in [6, 6.07) is 51.0. The standard InChI is InChI=1S/C71H88N2/c1-12-15-18-21-22-25-40-71(60-46-58(26-23-19-16-13-2)45-59(47-60)27-24-20-17-14-3)67-48-63(72(61-32-28-50(4)29-33-61)69-54(8)41-52(6)42-55(69)9)36-38-65(67)66-39-37-64(49-68(66)71)73(62-34-30-51(5)31-35-62)70-56(10)43-53(7)44-57(70)11/h28-39,41-49H,12-27,40H2,1-11H3. The molecule has 0 aliphatic heterocycles. The Bertz CT molecular complexity index is 2720. The lowest BCUT2D eigenvalue weighted by Crippen LogP contribution is -2.28. The first-order valence-corrected chi connectivity index (χ1v) is 28.7. The van der Waals surface area contributed by atoms with Crippen molar-refractivity contribution in [2.24, 2.45) is 0 Å². The van der Waals surface area contributed by atoms with E-state index >= 15 is 0 Å². The molecule has 7 aromatic carbocycles. The zero-order valence-electron chi connectivity index (χ0n) is 47.0. The molecule has 2 nitrogen and oxygen atoms in total. The third-order valence-corrected chi connectivity index (χ3v) is 16.1. The number of anilines is 6. The summed E-state index contributed by atoms with van der Waals surface area (Å²) in [5.74, 6) is 0. The summed E-state index contributed by atoms with van der Waals surface area (Å²) >= 11 is 0. The van der Waals surface area contributed by atoms with Crippen molar-refractivity contribution in [1.29, 1.82) is 0 Å². The first kappa shape index (κ1) is 53.4. The zero-order valence-corrected chi connectivity index (χ0v) is 47.0. The number of rotatable bonds is 24. The molecule has 7 aromatic rings. The normalized spacial score (nSPS) is 12.5. The van der Waals surface area contributed by atoms with Gasteiger partial charge in [-0.15, -0.1) is 0 Å². The summed E-state index contributed by atoms with van der Waals surface area (Å²) < 4.78 is 0. The zero-order chi connectivity index (χ0) is 51.6. The van der Waals surface area contributed by atoms with Crippen molar-refractivity contribution in [2.75, 3.05) is 9.80 Å². The summed E-state index contributed by atoms with van der Waals surface area (Å²) in [5.41, 5.74) is 27.5. The number of aryl methyl sites for hydroxylation is 10. The molecule has 0 saturated carbocycles.